The molecule has 1 unspecified atom stereocenters. The van der Waals surface area contributed by atoms with E-state index in [4.69, 9.17) is 0 Å². The van der Waals surface area contributed by atoms with Crippen LogP contribution in [0.25, 0.3) is 11.1 Å². The normalized spacial score (nSPS) is 12.0. The maximum atomic E-state index is 14.6. The molecule has 0 saturated carbocycles. The van der Waals surface area contributed by atoms with E-state index in [1.54, 1.807) is 30.3 Å². The number of hydrogen-bond donors (Lipinski definition) is 0. The van der Waals surface area contributed by atoms with Crippen molar-refractivity contribution in [2.75, 3.05) is 0 Å². The minimum atomic E-state index is -5.16. The Kier molecular flexibility index (Phi) is 5.94. The van der Waals surface area contributed by atoms with Crippen LogP contribution in [0.2, 0.25) is 0 Å². The molecular formula is C20H12F7O2P. The van der Waals surface area contributed by atoms with Crippen LogP contribution < -0.4 is 14.8 Å². The van der Waals surface area contributed by atoms with Crippen LogP contribution in [-0.4, -0.2) is 6.36 Å². The van der Waals surface area contributed by atoms with Crippen molar-refractivity contribution < 1.29 is 40.2 Å². The Hall–Kier alpha value is -2.80. The first-order chi connectivity index (χ1) is 14.0. The number of rotatable bonds is 5. The summed E-state index contributed by atoms with van der Waals surface area (Å²) in [6, 6.07) is 12.1. The van der Waals surface area contributed by atoms with E-state index < -0.39 is 41.2 Å². The van der Waals surface area contributed by atoms with Crippen molar-refractivity contribution in [2.45, 2.75) is 12.5 Å². The molecule has 0 amide bonds. The van der Waals surface area contributed by atoms with Gasteiger partial charge in [0.2, 0.25) is 0 Å². The van der Waals surface area contributed by atoms with Gasteiger partial charge in [0.05, 0.1) is 0 Å². The number of hydrogen-bond acceptors (Lipinski definition) is 2. The van der Waals surface area contributed by atoms with Gasteiger partial charge >= 0.3 is 12.5 Å². The zero-order valence-corrected chi connectivity index (χ0v) is 16.0. The van der Waals surface area contributed by atoms with Crippen LogP contribution in [-0.2, 0) is 6.11 Å². The Bertz CT molecular complexity index is 1030. The van der Waals surface area contributed by atoms with Crippen LogP contribution in [0.1, 0.15) is 5.56 Å². The summed E-state index contributed by atoms with van der Waals surface area (Å²) in [7, 11) is 1.98. The molecule has 0 aromatic heterocycles. The van der Waals surface area contributed by atoms with E-state index in [1.165, 1.54) is 6.07 Å². The Balaban J connectivity index is 1.89. The molecule has 0 aliphatic carbocycles. The predicted octanol–water partition coefficient (Wildman–Crippen LogP) is 6.16. The molecule has 158 valence electrons. The summed E-state index contributed by atoms with van der Waals surface area (Å²) in [4.78, 5) is 0. The van der Waals surface area contributed by atoms with Crippen molar-refractivity contribution in [3.63, 3.8) is 0 Å². The molecule has 0 heterocycles. The number of alkyl halides is 5. The van der Waals surface area contributed by atoms with Gasteiger partial charge < -0.3 is 9.47 Å². The highest BCUT2D eigenvalue weighted by Crippen LogP contribution is 2.36. The van der Waals surface area contributed by atoms with Crippen molar-refractivity contribution in [3.8, 4) is 22.6 Å². The first-order valence-corrected chi connectivity index (χ1v) is 8.81. The van der Waals surface area contributed by atoms with Crippen LogP contribution >= 0.6 is 9.24 Å². The van der Waals surface area contributed by atoms with Gasteiger partial charge in [-0.25, -0.2) is 8.78 Å². The molecule has 0 aliphatic rings. The lowest BCUT2D eigenvalue weighted by atomic mass is 10.0. The van der Waals surface area contributed by atoms with Gasteiger partial charge in [-0.2, -0.15) is 8.78 Å². The average Bonchev–Trinajstić information content (AvgIpc) is 2.62. The monoisotopic (exact) mass is 448 g/mol. The topological polar surface area (TPSA) is 18.5 Å². The molecule has 30 heavy (non-hydrogen) atoms. The highest BCUT2D eigenvalue weighted by atomic mass is 31.0. The molecule has 10 heteroatoms. The third-order valence-electron chi connectivity index (χ3n) is 3.89. The molecular weight excluding hydrogens is 436 g/mol. The minimum Gasteiger partial charge on any atom is -0.429 e. The van der Waals surface area contributed by atoms with Gasteiger partial charge in [0.15, 0.2) is 11.6 Å². The summed E-state index contributed by atoms with van der Waals surface area (Å²) in [6.07, 6.45) is -9.40. The van der Waals surface area contributed by atoms with Gasteiger partial charge in [-0.05, 0) is 40.7 Å². The van der Waals surface area contributed by atoms with E-state index in [9.17, 15) is 30.7 Å². The summed E-state index contributed by atoms with van der Waals surface area (Å²) >= 11 is 0. The summed E-state index contributed by atoms with van der Waals surface area (Å²) in [6.45, 7) is 0. The van der Waals surface area contributed by atoms with Gasteiger partial charge in [0.1, 0.15) is 17.1 Å². The number of halogens is 7. The van der Waals surface area contributed by atoms with Crippen LogP contribution in [0.5, 0.6) is 11.5 Å². The minimum absolute atomic E-state index is 0.212. The largest absolute Gasteiger partial charge is 0.573 e. The highest BCUT2D eigenvalue weighted by molar-refractivity contribution is 7.27. The van der Waals surface area contributed by atoms with Crippen LogP contribution in [0.15, 0.2) is 60.7 Å². The van der Waals surface area contributed by atoms with Gasteiger partial charge in [0.25, 0.3) is 0 Å². The molecule has 0 fully saturated rings. The summed E-state index contributed by atoms with van der Waals surface area (Å²) < 4.78 is 102. The second-order valence-corrected chi connectivity index (χ2v) is 6.67. The third-order valence-corrected chi connectivity index (χ3v) is 4.35. The molecule has 0 spiro atoms. The lowest BCUT2D eigenvalue weighted by Gasteiger charge is -2.21. The smallest absolute Gasteiger partial charge is 0.429 e. The Morgan fingerprint density at radius 2 is 1.37 bits per heavy atom. The zero-order chi connectivity index (χ0) is 22.1. The third kappa shape index (κ3) is 5.02. The van der Waals surface area contributed by atoms with Crippen molar-refractivity contribution in [1.82, 2.24) is 0 Å². The maximum Gasteiger partial charge on any atom is 0.573 e. The van der Waals surface area contributed by atoms with Crippen LogP contribution in [0.4, 0.5) is 30.7 Å². The molecule has 0 saturated heterocycles. The SMILES string of the molecule is Fc1cc(OC(F)(F)c2c(F)cc(-c3ccccc3)cc2P)ccc1OC(F)(F)F. The van der Waals surface area contributed by atoms with Crippen LogP contribution in [0.3, 0.4) is 0 Å². The zero-order valence-electron chi connectivity index (χ0n) is 14.8. The van der Waals surface area contributed by atoms with Gasteiger partial charge in [-0.1, -0.05) is 30.3 Å². The fourth-order valence-electron chi connectivity index (χ4n) is 2.68. The molecule has 3 aromatic rings. The Morgan fingerprint density at radius 1 is 0.700 bits per heavy atom. The van der Waals surface area contributed by atoms with E-state index in [1.807, 2.05) is 9.24 Å². The lowest BCUT2D eigenvalue weighted by Crippen LogP contribution is -2.28. The summed E-state index contributed by atoms with van der Waals surface area (Å²) in [5, 5.41) is -0.212. The summed E-state index contributed by atoms with van der Waals surface area (Å²) in [5.74, 6) is -4.89. The molecule has 3 rings (SSSR count). The molecule has 0 N–H and O–H groups in total. The lowest BCUT2D eigenvalue weighted by molar-refractivity contribution is -0.275. The first kappa shape index (κ1) is 21.9. The van der Waals surface area contributed by atoms with Gasteiger partial charge in [0, 0.05) is 6.07 Å². The van der Waals surface area contributed by atoms with E-state index in [-0.39, 0.29) is 11.4 Å². The van der Waals surface area contributed by atoms with Crippen molar-refractivity contribution >= 4 is 14.5 Å². The van der Waals surface area contributed by atoms with Crippen molar-refractivity contribution in [1.29, 1.82) is 0 Å². The molecule has 1 atom stereocenters. The number of benzene rings is 3. The van der Waals surface area contributed by atoms with Gasteiger partial charge in [-0.15, -0.1) is 22.4 Å². The second kappa shape index (κ2) is 8.14. The standard InChI is InChI=1S/C20H12F7O2P/c21-14-10-13(6-7-16(14)29-20(25,26)27)28-19(23,24)18-15(22)8-12(9-17(18)30)11-4-2-1-3-5-11/h1-10H,30H2. The van der Waals surface area contributed by atoms with E-state index in [0.29, 0.717) is 23.3 Å². The maximum absolute atomic E-state index is 14.6. The fraction of sp³-hybridized carbons (Fsp3) is 0.100. The fourth-order valence-corrected chi connectivity index (χ4v) is 3.17. The van der Waals surface area contributed by atoms with E-state index in [0.717, 1.165) is 6.07 Å². The molecule has 2 nitrogen and oxygen atoms in total. The predicted molar refractivity (Wildman–Crippen MR) is 98.8 cm³/mol. The number of ether oxygens (including phenoxy) is 2. The highest BCUT2D eigenvalue weighted by Gasteiger charge is 2.40. The summed E-state index contributed by atoms with van der Waals surface area (Å²) in [5.41, 5.74) is -0.168. The first-order valence-electron chi connectivity index (χ1n) is 8.23. The molecule has 0 bridgehead atoms. The van der Waals surface area contributed by atoms with E-state index >= 15 is 0 Å². The molecule has 0 radical (unpaired) electrons. The van der Waals surface area contributed by atoms with E-state index in [2.05, 4.69) is 9.47 Å². The van der Waals surface area contributed by atoms with Crippen molar-refractivity contribution in [3.05, 3.63) is 77.9 Å². The Morgan fingerprint density at radius 3 is 1.93 bits per heavy atom. The van der Waals surface area contributed by atoms with Crippen LogP contribution in [0, 0.1) is 11.6 Å². The quantitative estimate of drug-likeness (QED) is 0.344. The van der Waals surface area contributed by atoms with Crippen molar-refractivity contribution in [2.24, 2.45) is 0 Å². The average molecular weight is 448 g/mol. The Labute approximate surface area is 168 Å². The van der Waals surface area contributed by atoms with Gasteiger partial charge in [-0.3, -0.25) is 0 Å². The molecule has 3 aromatic carbocycles. The second-order valence-electron chi connectivity index (χ2n) is 6.05. The molecule has 0 aliphatic heterocycles.